The molecule has 0 spiro atoms. The highest BCUT2D eigenvalue weighted by Crippen LogP contribution is 2.23. The van der Waals surface area contributed by atoms with Crippen LogP contribution in [0.25, 0.3) is 0 Å². The summed E-state index contributed by atoms with van der Waals surface area (Å²) < 4.78 is 35.9. The largest absolute Gasteiger partial charge is 0.444 e. The van der Waals surface area contributed by atoms with E-state index in [0.29, 0.717) is 0 Å². The van der Waals surface area contributed by atoms with Gasteiger partial charge in [-0.05, 0) is 19.1 Å². The summed E-state index contributed by atoms with van der Waals surface area (Å²) in [5.74, 6) is 0. The first-order valence-electron chi connectivity index (χ1n) is 3.77. The van der Waals surface area contributed by atoms with Gasteiger partial charge in [0, 0.05) is 0 Å². The van der Waals surface area contributed by atoms with E-state index in [9.17, 15) is 13.2 Å². The number of halogens is 4. The number of hydrogen-bond acceptors (Lipinski definition) is 1. The Labute approximate surface area is 84.2 Å². The summed E-state index contributed by atoms with van der Waals surface area (Å²) in [7, 11) is 0. The molecule has 0 bridgehead atoms. The van der Waals surface area contributed by atoms with Crippen LogP contribution in [0.5, 0.6) is 0 Å². The topological polar surface area (TPSA) is 12.4 Å². The zero-order chi connectivity index (χ0) is 10.8. The van der Waals surface area contributed by atoms with Gasteiger partial charge in [0.25, 0.3) is 0 Å². The van der Waals surface area contributed by atoms with Crippen molar-refractivity contribution in [2.75, 3.05) is 0 Å². The second-order valence-corrected chi connectivity index (χ2v) is 3.09. The van der Waals surface area contributed by atoms with Crippen molar-refractivity contribution in [3.8, 4) is 0 Å². The highest BCUT2D eigenvalue weighted by molar-refractivity contribution is 6.67. The van der Waals surface area contributed by atoms with Crippen LogP contribution >= 0.6 is 11.6 Å². The zero-order valence-corrected chi connectivity index (χ0v) is 8.02. The number of aliphatic imine (C=N–C) groups is 1. The molecular weight excluding hydrogens is 215 g/mol. The third-order valence-electron chi connectivity index (χ3n) is 1.50. The molecule has 0 N–H and O–H groups in total. The minimum absolute atomic E-state index is 0.193. The molecule has 0 aliphatic carbocycles. The van der Waals surface area contributed by atoms with Gasteiger partial charge in [0.1, 0.15) is 0 Å². The van der Waals surface area contributed by atoms with Crippen LogP contribution in [0.2, 0.25) is 0 Å². The van der Waals surface area contributed by atoms with Crippen LogP contribution in [0.15, 0.2) is 29.3 Å². The second-order valence-electron chi connectivity index (χ2n) is 2.74. The van der Waals surface area contributed by atoms with E-state index in [2.05, 4.69) is 4.99 Å². The van der Waals surface area contributed by atoms with Gasteiger partial charge in [-0.3, -0.25) is 0 Å². The van der Waals surface area contributed by atoms with Gasteiger partial charge in [0.2, 0.25) is 5.17 Å². The molecule has 1 aromatic rings. The lowest BCUT2D eigenvalue weighted by Gasteiger charge is -2.02. The molecule has 0 unspecified atom stereocenters. The molecule has 5 heteroatoms. The van der Waals surface area contributed by atoms with Gasteiger partial charge >= 0.3 is 6.18 Å². The predicted molar refractivity (Wildman–Crippen MR) is 50.2 cm³/mol. The molecule has 76 valence electrons. The molecule has 0 saturated heterocycles. The third kappa shape index (κ3) is 3.03. The van der Waals surface area contributed by atoms with Crippen LogP contribution in [0.3, 0.4) is 0 Å². The molecule has 0 aliphatic rings. The lowest BCUT2D eigenvalue weighted by molar-refractivity contribution is -0.0558. The fourth-order valence-corrected chi connectivity index (χ4v) is 0.894. The molecule has 0 radical (unpaired) electrons. The standard InChI is InChI=1S/C9H7ClF3N/c1-6-2-4-7(5-3-6)14-8(10)9(11,12)13/h2-5H,1H3/b14-8+. The summed E-state index contributed by atoms with van der Waals surface area (Å²) in [4.78, 5) is 3.23. The van der Waals surface area contributed by atoms with Crippen molar-refractivity contribution in [2.45, 2.75) is 13.1 Å². The van der Waals surface area contributed by atoms with E-state index in [-0.39, 0.29) is 5.69 Å². The highest BCUT2D eigenvalue weighted by atomic mass is 35.5. The van der Waals surface area contributed by atoms with Crippen LogP contribution in [0.1, 0.15) is 5.56 Å². The number of rotatable bonds is 1. The van der Waals surface area contributed by atoms with E-state index in [0.717, 1.165) is 5.56 Å². The third-order valence-corrected chi connectivity index (χ3v) is 1.79. The van der Waals surface area contributed by atoms with Crippen molar-refractivity contribution in [3.63, 3.8) is 0 Å². The van der Waals surface area contributed by atoms with Crippen LogP contribution in [-0.2, 0) is 0 Å². The zero-order valence-electron chi connectivity index (χ0n) is 7.27. The number of hydrogen-bond donors (Lipinski definition) is 0. The smallest absolute Gasteiger partial charge is 0.232 e. The van der Waals surface area contributed by atoms with Crippen LogP contribution in [-0.4, -0.2) is 11.3 Å². The lowest BCUT2D eigenvalue weighted by atomic mass is 10.2. The molecule has 1 rings (SSSR count). The van der Waals surface area contributed by atoms with Gasteiger partial charge in [-0.15, -0.1) is 0 Å². The van der Waals surface area contributed by atoms with E-state index in [1.54, 1.807) is 12.1 Å². The van der Waals surface area contributed by atoms with Crippen molar-refractivity contribution in [1.29, 1.82) is 0 Å². The Morgan fingerprint density at radius 1 is 1.21 bits per heavy atom. The average molecular weight is 222 g/mol. The quantitative estimate of drug-likeness (QED) is 0.639. The minimum Gasteiger partial charge on any atom is -0.232 e. The summed E-state index contributed by atoms with van der Waals surface area (Å²) in [6.45, 7) is 1.83. The molecule has 0 amide bonds. The Morgan fingerprint density at radius 3 is 2.14 bits per heavy atom. The van der Waals surface area contributed by atoms with Gasteiger partial charge < -0.3 is 0 Å². The van der Waals surface area contributed by atoms with Crippen molar-refractivity contribution in [3.05, 3.63) is 29.8 Å². The Hall–Kier alpha value is -1.03. The maximum absolute atomic E-state index is 12.0. The normalized spacial score (nSPS) is 13.1. The van der Waals surface area contributed by atoms with Crippen LogP contribution in [0.4, 0.5) is 18.9 Å². The SMILES string of the molecule is Cc1ccc(/N=C(/Cl)C(F)(F)F)cc1. The summed E-state index contributed by atoms with van der Waals surface area (Å²) in [5.41, 5.74) is 1.14. The van der Waals surface area contributed by atoms with Gasteiger partial charge in [-0.1, -0.05) is 29.3 Å². The molecule has 0 heterocycles. The molecule has 14 heavy (non-hydrogen) atoms. The lowest BCUT2D eigenvalue weighted by Crippen LogP contribution is -2.16. The maximum atomic E-state index is 12.0. The van der Waals surface area contributed by atoms with Crippen molar-refractivity contribution in [2.24, 2.45) is 4.99 Å². The van der Waals surface area contributed by atoms with Gasteiger partial charge in [0.05, 0.1) is 5.69 Å². The summed E-state index contributed by atoms with van der Waals surface area (Å²) in [6, 6.07) is 6.28. The van der Waals surface area contributed by atoms with Gasteiger partial charge in [-0.2, -0.15) is 13.2 Å². The van der Waals surface area contributed by atoms with E-state index in [1.165, 1.54) is 12.1 Å². The predicted octanol–water partition coefficient (Wildman–Crippen LogP) is 3.83. The minimum atomic E-state index is -4.58. The molecular formula is C9H7ClF3N. The Kier molecular flexibility index (Phi) is 3.16. The number of alkyl halides is 3. The summed E-state index contributed by atoms with van der Waals surface area (Å²) in [5, 5.41) is -1.36. The van der Waals surface area contributed by atoms with E-state index >= 15 is 0 Å². The summed E-state index contributed by atoms with van der Waals surface area (Å²) in [6.07, 6.45) is -4.58. The van der Waals surface area contributed by atoms with Gasteiger partial charge in [-0.25, -0.2) is 4.99 Å². The van der Waals surface area contributed by atoms with Crippen molar-refractivity contribution in [1.82, 2.24) is 0 Å². The molecule has 1 aromatic carbocycles. The highest BCUT2D eigenvalue weighted by Gasteiger charge is 2.34. The molecule has 0 aliphatic heterocycles. The number of aryl methyl sites for hydroxylation is 1. The van der Waals surface area contributed by atoms with Crippen LogP contribution < -0.4 is 0 Å². The molecule has 1 nitrogen and oxygen atoms in total. The fourth-order valence-electron chi connectivity index (χ4n) is 0.796. The maximum Gasteiger partial charge on any atom is 0.444 e. The molecule has 0 aromatic heterocycles. The average Bonchev–Trinajstić information content (AvgIpc) is 2.07. The first kappa shape index (κ1) is 11.0. The van der Waals surface area contributed by atoms with Crippen LogP contribution in [0, 0.1) is 6.92 Å². The van der Waals surface area contributed by atoms with E-state index in [4.69, 9.17) is 11.6 Å². The number of benzene rings is 1. The van der Waals surface area contributed by atoms with Crippen molar-refractivity contribution >= 4 is 22.5 Å². The fraction of sp³-hybridized carbons (Fsp3) is 0.222. The molecule has 0 atom stereocenters. The first-order valence-corrected chi connectivity index (χ1v) is 4.15. The Morgan fingerprint density at radius 2 is 1.71 bits per heavy atom. The molecule has 0 saturated carbocycles. The number of nitrogens with zero attached hydrogens (tertiary/aromatic N) is 1. The van der Waals surface area contributed by atoms with Crippen molar-refractivity contribution < 1.29 is 13.2 Å². The van der Waals surface area contributed by atoms with E-state index in [1.807, 2.05) is 6.92 Å². The Bertz CT molecular complexity index is 340. The Balaban J connectivity index is 2.93. The second kappa shape index (κ2) is 4.00. The molecule has 0 fully saturated rings. The van der Waals surface area contributed by atoms with E-state index < -0.39 is 11.3 Å². The van der Waals surface area contributed by atoms with Gasteiger partial charge in [0.15, 0.2) is 0 Å². The first-order chi connectivity index (χ1) is 6.39. The monoisotopic (exact) mass is 221 g/mol. The summed E-state index contributed by atoms with van der Waals surface area (Å²) >= 11 is 4.96.